The Hall–Kier alpha value is -1.73. The summed E-state index contributed by atoms with van der Waals surface area (Å²) < 4.78 is 1.96. The topological polar surface area (TPSA) is 110 Å². The van der Waals surface area contributed by atoms with E-state index in [9.17, 15) is 10.2 Å². The molecule has 2 aliphatic rings. The molecule has 2 aromatic rings. The fourth-order valence-corrected chi connectivity index (χ4v) is 3.59. The van der Waals surface area contributed by atoms with Gasteiger partial charge in [0.1, 0.15) is 11.8 Å². The molecule has 100 valence electrons. The number of nitrogen functional groups attached to an aromatic ring is 1. The Morgan fingerprint density at radius 3 is 2.95 bits per heavy atom. The van der Waals surface area contributed by atoms with Crippen LogP contribution in [-0.4, -0.2) is 42.4 Å². The molecule has 0 amide bonds. The summed E-state index contributed by atoms with van der Waals surface area (Å²) in [5.41, 5.74) is 6.77. The second-order valence-electron chi connectivity index (χ2n) is 5.60. The van der Waals surface area contributed by atoms with Gasteiger partial charge in [0.25, 0.3) is 0 Å². The van der Waals surface area contributed by atoms with Gasteiger partial charge in [-0.25, -0.2) is 15.0 Å². The number of hydrogen-bond acceptors (Lipinski definition) is 6. The van der Waals surface area contributed by atoms with Gasteiger partial charge in [0.05, 0.1) is 19.0 Å². The van der Waals surface area contributed by atoms with Gasteiger partial charge in [-0.2, -0.15) is 0 Å². The second kappa shape index (κ2) is 3.43. The summed E-state index contributed by atoms with van der Waals surface area (Å²) >= 11 is 0. The lowest BCUT2D eigenvalue weighted by atomic mass is 10.0. The van der Waals surface area contributed by atoms with Gasteiger partial charge in [0.2, 0.25) is 0 Å². The summed E-state index contributed by atoms with van der Waals surface area (Å²) in [7, 11) is 0. The lowest BCUT2D eigenvalue weighted by Gasteiger charge is -2.16. The number of anilines is 1. The van der Waals surface area contributed by atoms with Gasteiger partial charge >= 0.3 is 0 Å². The van der Waals surface area contributed by atoms with Crippen LogP contribution in [0.15, 0.2) is 12.7 Å². The minimum Gasteiger partial charge on any atom is -0.396 e. The van der Waals surface area contributed by atoms with Crippen molar-refractivity contribution in [3.05, 3.63) is 12.7 Å². The molecule has 2 aliphatic carbocycles. The predicted octanol–water partition coefficient (Wildman–Crippen LogP) is -0.287. The first-order chi connectivity index (χ1) is 9.17. The van der Waals surface area contributed by atoms with Crippen LogP contribution >= 0.6 is 0 Å². The third-order valence-corrected chi connectivity index (χ3v) is 4.81. The van der Waals surface area contributed by atoms with Crippen LogP contribution in [0.4, 0.5) is 5.82 Å². The van der Waals surface area contributed by atoms with Crippen LogP contribution in [0.25, 0.3) is 11.2 Å². The summed E-state index contributed by atoms with van der Waals surface area (Å²) in [5, 5.41) is 19.6. The smallest absolute Gasteiger partial charge is 0.165 e. The molecule has 7 heteroatoms. The van der Waals surface area contributed by atoms with Crippen molar-refractivity contribution in [3.8, 4) is 0 Å². The van der Waals surface area contributed by atoms with Crippen molar-refractivity contribution in [2.24, 2.45) is 11.3 Å². The van der Waals surface area contributed by atoms with Crippen molar-refractivity contribution in [2.75, 3.05) is 12.3 Å². The van der Waals surface area contributed by atoms with Gasteiger partial charge < -0.3 is 20.5 Å². The van der Waals surface area contributed by atoms with Crippen LogP contribution in [0.3, 0.4) is 0 Å². The maximum atomic E-state index is 10.1. The highest BCUT2D eigenvalue weighted by Gasteiger charge is 2.67. The Bertz CT molecular complexity index is 657. The minimum absolute atomic E-state index is 0.0408. The third kappa shape index (κ3) is 1.26. The van der Waals surface area contributed by atoms with Crippen LogP contribution in [0, 0.1) is 11.3 Å². The molecule has 19 heavy (non-hydrogen) atoms. The molecule has 2 fully saturated rings. The molecule has 0 saturated heterocycles. The number of rotatable bonds is 2. The van der Waals surface area contributed by atoms with Crippen molar-refractivity contribution in [1.29, 1.82) is 0 Å². The predicted molar refractivity (Wildman–Crippen MR) is 67.0 cm³/mol. The quantitative estimate of drug-likeness (QED) is 0.685. The van der Waals surface area contributed by atoms with Crippen LogP contribution in [0.5, 0.6) is 0 Å². The number of imidazole rings is 1. The molecule has 2 aromatic heterocycles. The van der Waals surface area contributed by atoms with Crippen molar-refractivity contribution >= 4 is 17.0 Å². The lowest BCUT2D eigenvalue weighted by molar-refractivity contribution is 0.0600. The largest absolute Gasteiger partial charge is 0.396 e. The van der Waals surface area contributed by atoms with Crippen LogP contribution in [0.2, 0.25) is 0 Å². The van der Waals surface area contributed by atoms with E-state index in [4.69, 9.17) is 5.73 Å². The number of aromatic nitrogens is 4. The highest BCUT2D eigenvalue weighted by molar-refractivity contribution is 5.81. The lowest BCUT2D eigenvalue weighted by Crippen LogP contribution is -2.22. The summed E-state index contributed by atoms with van der Waals surface area (Å²) in [5.74, 6) is 0.660. The highest BCUT2D eigenvalue weighted by Crippen LogP contribution is 2.67. The standard InChI is InChI=1S/C12H15N5O2/c13-10-9-11(15-4-14-10)17(5-16-9)7-1-8(19)12(3-18)2-6(7)12/h4-8,18-19H,1-3H2,(H2,13,14,15)/t6?,7-,8-,12-/m0/s1. The number of aliphatic hydroxyl groups is 2. The molecular weight excluding hydrogens is 246 g/mol. The van der Waals surface area contributed by atoms with E-state index in [0.29, 0.717) is 29.3 Å². The Morgan fingerprint density at radius 1 is 1.42 bits per heavy atom. The first kappa shape index (κ1) is 11.1. The number of hydrogen-bond donors (Lipinski definition) is 3. The van der Waals surface area contributed by atoms with Crippen LogP contribution in [0.1, 0.15) is 18.9 Å². The fraction of sp³-hybridized carbons (Fsp3) is 0.583. The first-order valence-corrected chi connectivity index (χ1v) is 6.39. The Labute approximate surface area is 109 Å². The molecule has 0 bridgehead atoms. The number of aliphatic hydroxyl groups excluding tert-OH is 2. The average Bonchev–Trinajstić information content (AvgIpc) is 2.89. The van der Waals surface area contributed by atoms with E-state index >= 15 is 0 Å². The van der Waals surface area contributed by atoms with E-state index < -0.39 is 6.10 Å². The summed E-state index contributed by atoms with van der Waals surface area (Å²) in [6.45, 7) is 0.0408. The van der Waals surface area contributed by atoms with Crippen LogP contribution in [-0.2, 0) is 0 Å². The maximum Gasteiger partial charge on any atom is 0.165 e. The Balaban J connectivity index is 1.79. The zero-order valence-corrected chi connectivity index (χ0v) is 10.3. The van der Waals surface area contributed by atoms with Gasteiger partial charge in [-0.1, -0.05) is 0 Å². The van der Waals surface area contributed by atoms with Gasteiger partial charge in [0, 0.05) is 11.5 Å². The van der Waals surface area contributed by atoms with Gasteiger partial charge in [-0.05, 0) is 18.8 Å². The molecule has 0 aromatic carbocycles. The van der Waals surface area contributed by atoms with E-state index in [1.807, 2.05) is 4.57 Å². The molecule has 4 rings (SSSR count). The maximum absolute atomic E-state index is 10.1. The second-order valence-corrected chi connectivity index (χ2v) is 5.60. The molecule has 1 unspecified atom stereocenters. The van der Waals surface area contributed by atoms with Gasteiger partial charge in [-0.3, -0.25) is 0 Å². The van der Waals surface area contributed by atoms with E-state index in [1.54, 1.807) is 6.33 Å². The Kier molecular flexibility index (Phi) is 2.01. The monoisotopic (exact) mass is 261 g/mol. The zero-order valence-electron chi connectivity index (χ0n) is 10.3. The van der Waals surface area contributed by atoms with Crippen molar-refractivity contribution < 1.29 is 10.2 Å². The molecule has 0 aliphatic heterocycles. The summed E-state index contributed by atoms with van der Waals surface area (Å²) in [6.07, 6.45) is 4.16. The summed E-state index contributed by atoms with van der Waals surface area (Å²) in [4.78, 5) is 12.4. The van der Waals surface area contributed by atoms with Gasteiger partial charge in [-0.15, -0.1) is 0 Å². The molecule has 4 atom stereocenters. The zero-order chi connectivity index (χ0) is 13.2. The van der Waals surface area contributed by atoms with Gasteiger partial charge in [0.15, 0.2) is 11.5 Å². The highest BCUT2D eigenvalue weighted by atomic mass is 16.3. The normalized spacial score (nSPS) is 36.6. The Morgan fingerprint density at radius 2 is 2.26 bits per heavy atom. The van der Waals surface area contributed by atoms with E-state index in [-0.39, 0.29) is 18.1 Å². The molecular formula is C12H15N5O2. The van der Waals surface area contributed by atoms with Crippen molar-refractivity contribution in [3.63, 3.8) is 0 Å². The summed E-state index contributed by atoms with van der Waals surface area (Å²) in [6, 6.07) is 0.126. The fourth-order valence-electron chi connectivity index (χ4n) is 3.59. The number of nitrogens with two attached hydrogens (primary N) is 1. The number of nitrogens with zero attached hydrogens (tertiary/aromatic N) is 4. The molecule has 0 spiro atoms. The first-order valence-electron chi connectivity index (χ1n) is 6.39. The van der Waals surface area contributed by atoms with Crippen molar-refractivity contribution in [1.82, 2.24) is 19.5 Å². The van der Waals surface area contributed by atoms with E-state index in [2.05, 4.69) is 15.0 Å². The minimum atomic E-state index is -0.455. The number of fused-ring (bicyclic) bond motifs is 2. The SMILES string of the molecule is Nc1ncnc2c1ncn2[C@H]1C[C@H](O)[C@]2(CO)CC12. The molecule has 2 heterocycles. The molecule has 7 nitrogen and oxygen atoms in total. The van der Waals surface area contributed by atoms with Crippen LogP contribution < -0.4 is 5.73 Å². The van der Waals surface area contributed by atoms with E-state index in [1.165, 1.54) is 6.33 Å². The van der Waals surface area contributed by atoms with Crippen molar-refractivity contribution in [2.45, 2.75) is 25.0 Å². The average molecular weight is 261 g/mol. The molecule has 4 N–H and O–H groups in total. The van der Waals surface area contributed by atoms with E-state index in [0.717, 1.165) is 6.42 Å². The molecule has 2 saturated carbocycles. The molecule has 0 radical (unpaired) electrons. The third-order valence-electron chi connectivity index (χ3n) is 4.81.